The number of carboxylic acid groups (broad SMARTS) is 1. The van der Waals surface area contributed by atoms with Gasteiger partial charge in [-0.1, -0.05) is 36.4 Å². The maximum Gasteiger partial charge on any atom is 0.354 e. The number of rotatable bonds is 6. The molecule has 1 unspecified atom stereocenters. The van der Waals surface area contributed by atoms with Gasteiger partial charge in [0.15, 0.2) is 0 Å². The van der Waals surface area contributed by atoms with Crippen molar-refractivity contribution in [1.29, 1.82) is 0 Å². The molecular formula is C28H28N2O5S. The Hall–Kier alpha value is -3.33. The van der Waals surface area contributed by atoms with Crippen LogP contribution in [0.5, 0.6) is 0 Å². The van der Waals surface area contributed by atoms with Crippen molar-refractivity contribution < 1.29 is 23.6 Å². The summed E-state index contributed by atoms with van der Waals surface area (Å²) < 4.78 is 20.8. The van der Waals surface area contributed by atoms with E-state index in [1.165, 1.54) is 0 Å². The first kappa shape index (κ1) is 24.4. The van der Waals surface area contributed by atoms with Crippen molar-refractivity contribution in [2.75, 3.05) is 6.61 Å². The van der Waals surface area contributed by atoms with Crippen molar-refractivity contribution in [3.8, 4) is 22.6 Å². The van der Waals surface area contributed by atoms with Crippen LogP contribution in [0.1, 0.15) is 54.8 Å². The molecular weight excluding hydrogens is 476 g/mol. The molecule has 0 amide bonds. The third-order valence-electron chi connectivity index (χ3n) is 6.36. The lowest BCUT2D eigenvalue weighted by atomic mass is 9.95. The second-order valence-corrected chi connectivity index (χ2v) is 12.1. The maximum absolute atomic E-state index is 13.4. The first-order valence-electron chi connectivity index (χ1n) is 11.8. The molecule has 2 atom stereocenters. The summed E-state index contributed by atoms with van der Waals surface area (Å²) in [7, 11) is -1.36. The number of furan rings is 1. The summed E-state index contributed by atoms with van der Waals surface area (Å²) in [6, 6.07) is 18.6. The number of aromatic carboxylic acids is 1. The highest BCUT2D eigenvalue weighted by Crippen LogP contribution is 2.44. The van der Waals surface area contributed by atoms with E-state index in [-0.39, 0.29) is 18.3 Å². The summed E-state index contributed by atoms with van der Waals surface area (Å²) in [5.41, 5.74) is 4.40. The third-order valence-corrected chi connectivity index (χ3v) is 8.21. The SMILES string of the molecule is CC(C)(C)S(=O)N1Cc2cc(C(=O)O)nc(-c3cccc(-c4cc5ccccc5o4)c3)c2[C@H]1CCO. The number of benzene rings is 2. The first-order valence-corrected chi connectivity index (χ1v) is 12.9. The highest BCUT2D eigenvalue weighted by atomic mass is 32.2. The lowest BCUT2D eigenvalue weighted by Gasteiger charge is -2.30. The molecule has 5 rings (SSSR count). The summed E-state index contributed by atoms with van der Waals surface area (Å²) in [6.45, 7) is 5.94. The zero-order valence-electron chi connectivity index (χ0n) is 20.4. The molecule has 2 aromatic heterocycles. The van der Waals surface area contributed by atoms with Gasteiger partial charge in [-0.2, -0.15) is 0 Å². The fraction of sp³-hybridized carbons (Fsp3) is 0.286. The van der Waals surface area contributed by atoms with Gasteiger partial charge in [0.25, 0.3) is 0 Å². The quantitative estimate of drug-likeness (QED) is 0.356. The fourth-order valence-electron chi connectivity index (χ4n) is 4.74. The Morgan fingerprint density at radius 1 is 1.11 bits per heavy atom. The third kappa shape index (κ3) is 4.36. The van der Waals surface area contributed by atoms with Crippen LogP contribution >= 0.6 is 0 Å². The molecule has 0 aliphatic carbocycles. The molecule has 0 radical (unpaired) electrons. The normalized spacial score (nSPS) is 16.8. The van der Waals surface area contributed by atoms with E-state index in [1.54, 1.807) is 6.07 Å². The number of hydrogen-bond acceptors (Lipinski definition) is 5. The second-order valence-electron chi connectivity index (χ2n) is 9.93. The van der Waals surface area contributed by atoms with Gasteiger partial charge in [0.1, 0.15) is 28.0 Å². The number of aliphatic hydroxyl groups is 1. The number of hydrogen-bond donors (Lipinski definition) is 2. The van der Waals surface area contributed by atoms with Gasteiger partial charge in [0, 0.05) is 35.2 Å². The summed E-state index contributed by atoms with van der Waals surface area (Å²) in [5, 5.41) is 20.6. The van der Waals surface area contributed by atoms with E-state index in [0.29, 0.717) is 24.4 Å². The van der Waals surface area contributed by atoms with Crippen LogP contribution in [-0.2, 0) is 17.5 Å². The largest absolute Gasteiger partial charge is 0.477 e. The first-order chi connectivity index (χ1) is 17.2. The monoisotopic (exact) mass is 504 g/mol. The number of pyridine rings is 1. The lowest BCUT2D eigenvalue weighted by molar-refractivity contribution is 0.0690. The molecule has 0 saturated heterocycles. The van der Waals surface area contributed by atoms with Gasteiger partial charge in [0.05, 0.1) is 16.5 Å². The van der Waals surface area contributed by atoms with Crippen molar-refractivity contribution in [3.05, 3.63) is 77.5 Å². The van der Waals surface area contributed by atoms with Gasteiger partial charge in [-0.25, -0.2) is 18.3 Å². The van der Waals surface area contributed by atoms with Crippen LogP contribution in [0, 0.1) is 0 Å². The topological polar surface area (TPSA) is 104 Å². The zero-order valence-corrected chi connectivity index (χ0v) is 21.2. The minimum absolute atomic E-state index is 0.0657. The van der Waals surface area contributed by atoms with Gasteiger partial charge in [-0.05, 0) is 57.0 Å². The van der Waals surface area contributed by atoms with Crippen molar-refractivity contribution in [2.24, 2.45) is 0 Å². The van der Waals surface area contributed by atoms with Crippen LogP contribution in [0.4, 0.5) is 0 Å². The molecule has 2 aromatic carbocycles. The number of nitrogens with zero attached hydrogens (tertiary/aromatic N) is 2. The molecule has 1 aliphatic rings. The van der Waals surface area contributed by atoms with E-state index in [2.05, 4.69) is 4.98 Å². The minimum Gasteiger partial charge on any atom is -0.477 e. The van der Waals surface area contributed by atoms with Crippen molar-refractivity contribution >= 4 is 27.9 Å². The molecule has 0 fully saturated rings. The van der Waals surface area contributed by atoms with E-state index in [0.717, 1.165) is 33.2 Å². The molecule has 0 spiro atoms. The number of carboxylic acids is 1. The number of carbonyl (C=O) groups is 1. The number of aliphatic hydroxyl groups excluding tert-OH is 1. The van der Waals surface area contributed by atoms with E-state index in [4.69, 9.17) is 4.42 Å². The number of aromatic nitrogens is 1. The van der Waals surface area contributed by atoms with Crippen LogP contribution in [0.2, 0.25) is 0 Å². The van der Waals surface area contributed by atoms with Crippen LogP contribution in [0.3, 0.4) is 0 Å². The van der Waals surface area contributed by atoms with E-state index in [1.807, 2.05) is 79.7 Å². The smallest absolute Gasteiger partial charge is 0.354 e. The predicted molar refractivity (Wildman–Crippen MR) is 140 cm³/mol. The minimum atomic E-state index is -1.36. The van der Waals surface area contributed by atoms with Crippen LogP contribution in [0.15, 0.2) is 65.1 Å². The molecule has 3 heterocycles. The van der Waals surface area contributed by atoms with E-state index >= 15 is 0 Å². The molecule has 8 heteroatoms. The Morgan fingerprint density at radius 3 is 2.56 bits per heavy atom. The summed E-state index contributed by atoms with van der Waals surface area (Å²) >= 11 is 0. The average molecular weight is 505 g/mol. The Balaban J connectivity index is 1.66. The Labute approximate surface area is 212 Å². The standard InChI is InChI=1S/C28H28N2O5S/c1-28(2,3)36(34)30-16-20-14-21(27(32)33)29-26(25(20)22(30)11-12-31)19-9-6-8-17(13-19)24-15-18-7-4-5-10-23(18)35-24/h4-10,13-15,22,31H,11-12,16H2,1-3H3,(H,32,33)/t22-,36?/m1/s1. The molecule has 186 valence electrons. The summed E-state index contributed by atoms with van der Waals surface area (Å²) in [5.74, 6) is -0.423. The average Bonchev–Trinajstić information content (AvgIpc) is 3.44. The van der Waals surface area contributed by atoms with Gasteiger partial charge >= 0.3 is 5.97 Å². The lowest BCUT2D eigenvalue weighted by Crippen LogP contribution is -2.36. The Morgan fingerprint density at radius 2 is 1.86 bits per heavy atom. The van der Waals surface area contributed by atoms with Gasteiger partial charge in [-0.3, -0.25) is 0 Å². The molecule has 36 heavy (non-hydrogen) atoms. The second kappa shape index (κ2) is 9.28. The number of fused-ring (bicyclic) bond motifs is 2. The fourth-order valence-corrected chi connectivity index (χ4v) is 6.14. The molecule has 7 nitrogen and oxygen atoms in total. The van der Waals surface area contributed by atoms with Crippen molar-refractivity contribution in [2.45, 2.75) is 44.5 Å². The molecule has 0 bridgehead atoms. The summed E-state index contributed by atoms with van der Waals surface area (Å²) in [4.78, 5) is 16.5. The molecule has 4 aromatic rings. The molecule has 0 saturated carbocycles. The Bertz CT molecular complexity index is 1450. The van der Waals surface area contributed by atoms with Crippen LogP contribution in [-0.4, -0.2) is 41.0 Å². The summed E-state index contributed by atoms with van der Waals surface area (Å²) in [6.07, 6.45) is 0.360. The van der Waals surface area contributed by atoms with Gasteiger partial charge in [-0.15, -0.1) is 0 Å². The highest BCUT2D eigenvalue weighted by molar-refractivity contribution is 7.84. The Kier molecular flexibility index (Phi) is 6.28. The van der Waals surface area contributed by atoms with Crippen molar-refractivity contribution in [1.82, 2.24) is 9.29 Å². The zero-order chi connectivity index (χ0) is 25.6. The highest BCUT2D eigenvalue weighted by Gasteiger charge is 2.40. The maximum atomic E-state index is 13.4. The van der Waals surface area contributed by atoms with Gasteiger partial charge in [0.2, 0.25) is 0 Å². The van der Waals surface area contributed by atoms with Crippen molar-refractivity contribution in [3.63, 3.8) is 0 Å². The van der Waals surface area contributed by atoms with E-state index in [9.17, 15) is 19.2 Å². The van der Waals surface area contributed by atoms with E-state index < -0.39 is 21.7 Å². The molecule has 1 aliphatic heterocycles. The van der Waals surface area contributed by atoms with Crippen LogP contribution < -0.4 is 0 Å². The molecule has 2 N–H and O–H groups in total. The number of para-hydroxylation sites is 1. The van der Waals surface area contributed by atoms with Gasteiger partial charge < -0.3 is 14.6 Å². The predicted octanol–water partition coefficient (Wildman–Crippen LogP) is 5.56. The van der Waals surface area contributed by atoms with Crippen LogP contribution in [0.25, 0.3) is 33.6 Å².